The van der Waals surface area contributed by atoms with E-state index in [2.05, 4.69) is 174 Å². The summed E-state index contributed by atoms with van der Waals surface area (Å²) in [5.74, 6) is -2.31. The molecule has 0 aromatic carbocycles. The third-order valence-electron chi connectivity index (χ3n) is 14.9. The normalized spacial score (nSPS) is 14.8. The number of unbranched alkanes of at least 4 members (excludes halogenated alkanes) is 17. The Hall–Kier alpha value is -5.32. The topological polar surface area (TPSA) is 237 Å². The van der Waals surface area contributed by atoms with Gasteiger partial charge in [0, 0.05) is 25.7 Å². The first-order valence-electron chi connectivity index (χ1n) is 37.7. The molecule has 0 saturated carbocycles. The quantitative estimate of drug-likeness (QED) is 0.0169. The van der Waals surface area contributed by atoms with E-state index in [1.165, 1.54) is 0 Å². The molecule has 0 bridgehead atoms. The van der Waals surface area contributed by atoms with Crippen LogP contribution in [-0.4, -0.2) is 96.7 Å². The second-order valence-corrected chi connectivity index (χ2v) is 27.4. The highest BCUT2D eigenvalue weighted by Crippen LogP contribution is 2.45. The van der Waals surface area contributed by atoms with Crippen LogP contribution >= 0.6 is 15.6 Å². The fourth-order valence-electron chi connectivity index (χ4n) is 9.26. The average Bonchev–Trinajstić information content (AvgIpc) is 0.943. The highest BCUT2D eigenvalue weighted by molar-refractivity contribution is 7.47. The van der Waals surface area contributed by atoms with Crippen LogP contribution in [0.4, 0.5) is 0 Å². The Bertz CT molecular complexity index is 2520. The summed E-state index contributed by atoms with van der Waals surface area (Å²) in [6.07, 6.45) is 82.5. The summed E-state index contributed by atoms with van der Waals surface area (Å²) in [5.41, 5.74) is 0. The fourth-order valence-corrected chi connectivity index (χ4v) is 10.8. The average molecular weight is 1440 g/mol. The molecule has 0 aliphatic carbocycles. The second kappa shape index (κ2) is 72.0. The van der Waals surface area contributed by atoms with Crippen molar-refractivity contribution in [1.82, 2.24) is 0 Å². The molecule has 5 unspecified atom stereocenters. The van der Waals surface area contributed by atoms with E-state index in [4.69, 9.17) is 37.0 Å². The highest BCUT2D eigenvalue weighted by atomic mass is 31.2. The molecule has 0 radical (unpaired) electrons. The molecular weight excluding hydrogens is 1310 g/mol. The third-order valence-corrected chi connectivity index (χ3v) is 16.8. The Labute approximate surface area is 604 Å². The minimum Gasteiger partial charge on any atom is -0.462 e. The maximum Gasteiger partial charge on any atom is 0.472 e. The number of hydrogen-bond acceptors (Lipinski definition) is 15. The Morgan fingerprint density at radius 2 is 0.530 bits per heavy atom. The molecule has 0 rings (SSSR count). The van der Waals surface area contributed by atoms with Crippen molar-refractivity contribution >= 4 is 39.5 Å². The number of rotatable bonds is 69. The van der Waals surface area contributed by atoms with Crippen molar-refractivity contribution in [2.75, 3.05) is 39.6 Å². The van der Waals surface area contributed by atoms with Crippen molar-refractivity contribution in [3.05, 3.63) is 158 Å². The van der Waals surface area contributed by atoms with Gasteiger partial charge in [0.05, 0.1) is 26.4 Å². The molecule has 17 nitrogen and oxygen atoms in total. The van der Waals surface area contributed by atoms with E-state index in [1.54, 1.807) is 0 Å². The SMILES string of the molecule is CC/C=C\C/C=C\C/C=C\C/C=C\C/C=C\CCCC(=O)OCC(COP(=O)(O)OCC(O)COP(=O)(O)OCC(COC(=O)CCCCCC/C=C\C/C=C\C/C=C\C/C=C\CC)OC(=O)CCCCCCC/C=C\C/C=C\CCC)OC(=O)CCCCCCC/C=C\C/C=C\CCC. The standard InChI is InChI=1S/C81H132O17P2/c1-5-9-13-17-21-25-29-33-35-37-39-43-45-49-53-57-61-65-78(83)91-71-76(97-80(85)67-63-59-55-51-47-41-31-27-23-19-15-11-7-3)73-95-99(87,88)93-69-75(82)70-94-100(89,90)96-74-77(98-81(86)68-64-60-56-52-48-42-32-28-24-20-16-12-8-4)72-92-79(84)66-62-58-54-50-46-44-40-38-36-34-30-26-22-18-14-10-6-2/h9-10,13-16,19-22,25-28,31-36,39-40,43-44,49,53,75-77,82H,5-8,11-12,17-18,23-24,29-30,37-38,41-42,45-48,50-52,54-74H2,1-4H3,(H,87,88)(H,89,90)/b13-9-,14-10-,19-15-,20-16-,25-21-,26-22-,31-27-,32-28-,35-33-,36-34-,43-39-,44-40-,53-49-. The smallest absolute Gasteiger partial charge is 0.462 e. The lowest BCUT2D eigenvalue weighted by Crippen LogP contribution is -2.30. The maximum atomic E-state index is 13.1. The van der Waals surface area contributed by atoms with Gasteiger partial charge in [-0.15, -0.1) is 0 Å². The van der Waals surface area contributed by atoms with Gasteiger partial charge in [0.2, 0.25) is 0 Å². The summed E-state index contributed by atoms with van der Waals surface area (Å²) in [6, 6.07) is 0. The summed E-state index contributed by atoms with van der Waals surface area (Å²) in [4.78, 5) is 72.8. The van der Waals surface area contributed by atoms with Crippen LogP contribution in [0.2, 0.25) is 0 Å². The molecule has 568 valence electrons. The van der Waals surface area contributed by atoms with E-state index in [1.807, 2.05) is 12.2 Å². The number of phosphoric ester groups is 2. The van der Waals surface area contributed by atoms with Gasteiger partial charge in [-0.2, -0.15) is 0 Å². The largest absolute Gasteiger partial charge is 0.472 e. The van der Waals surface area contributed by atoms with Crippen LogP contribution in [0.1, 0.15) is 272 Å². The van der Waals surface area contributed by atoms with Gasteiger partial charge < -0.3 is 33.8 Å². The monoisotopic (exact) mass is 1440 g/mol. The number of aliphatic hydroxyl groups excluding tert-OH is 1. The molecule has 0 saturated heterocycles. The van der Waals surface area contributed by atoms with E-state index < -0.39 is 97.5 Å². The lowest BCUT2D eigenvalue weighted by molar-refractivity contribution is -0.161. The van der Waals surface area contributed by atoms with Gasteiger partial charge in [-0.25, -0.2) is 9.13 Å². The lowest BCUT2D eigenvalue weighted by atomic mass is 10.1. The van der Waals surface area contributed by atoms with Crippen LogP contribution in [-0.2, 0) is 65.4 Å². The van der Waals surface area contributed by atoms with Gasteiger partial charge in [0.15, 0.2) is 12.2 Å². The molecule has 0 fully saturated rings. The molecule has 0 amide bonds. The predicted molar refractivity (Wildman–Crippen MR) is 408 cm³/mol. The zero-order valence-electron chi connectivity index (χ0n) is 61.8. The van der Waals surface area contributed by atoms with Gasteiger partial charge in [-0.1, -0.05) is 250 Å². The molecule has 100 heavy (non-hydrogen) atoms. The van der Waals surface area contributed by atoms with Crippen LogP contribution in [0.3, 0.4) is 0 Å². The summed E-state index contributed by atoms with van der Waals surface area (Å²) in [7, 11) is -9.99. The minimum atomic E-state index is -5.00. The second-order valence-electron chi connectivity index (χ2n) is 24.5. The van der Waals surface area contributed by atoms with Crippen molar-refractivity contribution in [1.29, 1.82) is 0 Å². The van der Waals surface area contributed by atoms with E-state index >= 15 is 0 Å². The number of esters is 4. The molecule has 0 spiro atoms. The first kappa shape index (κ1) is 94.7. The zero-order valence-corrected chi connectivity index (χ0v) is 63.6. The number of ether oxygens (including phenoxy) is 4. The molecule has 0 aliphatic rings. The Morgan fingerprint density at radius 3 is 0.840 bits per heavy atom. The highest BCUT2D eigenvalue weighted by Gasteiger charge is 2.30. The first-order valence-corrected chi connectivity index (χ1v) is 40.7. The van der Waals surface area contributed by atoms with Crippen molar-refractivity contribution in [3.63, 3.8) is 0 Å². The number of carbonyl (C=O) groups is 4. The van der Waals surface area contributed by atoms with E-state index in [9.17, 15) is 43.2 Å². The van der Waals surface area contributed by atoms with Crippen molar-refractivity contribution < 1.29 is 80.2 Å². The summed E-state index contributed by atoms with van der Waals surface area (Å²) < 4.78 is 68.3. The van der Waals surface area contributed by atoms with E-state index in [-0.39, 0.29) is 25.7 Å². The molecule has 19 heteroatoms. The van der Waals surface area contributed by atoms with Gasteiger partial charge >= 0.3 is 39.5 Å². The first-order chi connectivity index (χ1) is 48.7. The van der Waals surface area contributed by atoms with Gasteiger partial charge in [0.25, 0.3) is 0 Å². The molecular formula is C81H132O17P2. The number of aliphatic hydroxyl groups is 1. The fraction of sp³-hybridized carbons (Fsp3) is 0.630. The Balaban J connectivity index is 5.44. The maximum absolute atomic E-state index is 13.1. The van der Waals surface area contributed by atoms with Crippen LogP contribution in [0.25, 0.3) is 0 Å². The number of phosphoric acid groups is 2. The van der Waals surface area contributed by atoms with Gasteiger partial charge in [-0.3, -0.25) is 37.3 Å². The van der Waals surface area contributed by atoms with Gasteiger partial charge in [-0.05, 0) is 154 Å². The predicted octanol–water partition coefficient (Wildman–Crippen LogP) is 21.7. The summed E-state index contributed by atoms with van der Waals surface area (Å²) >= 11 is 0. The zero-order chi connectivity index (χ0) is 73.2. The number of allylic oxidation sites excluding steroid dienone is 26. The van der Waals surface area contributed by atoms with Crippen molar-refractivity contribution in [3.8, 4) is 0 Å². The molecule has 0 aromatic rings. The van der Waals surface area contributed by atoms with Crippen molar-refractivity contribution in [2.45, 2.75) is 290 Å². The van der Waals surface area contributed by atoms with Crippen LogP contribution in [0.5, 0.6) is 0 Å². The Morgan fingerprint density at radius 1 is 0.290 bits per heavy atom. The van der Waals surface area contributed by atoms with Crippen LogP contribution < -0.4 is 0 Å². The number of hydrogen-bond donors (Lipinski definition) is 3. The van der Waals surface area contributed by atoms with Crippen molar-refractivity contribution in [2.24, 2.45) is 0 Å². The van der Waals surface area contributed by atoms with Crippen LogP contribution in [0.15, 0.2) is 158 Å². The lowest BCUT2D eigenvalue weighted by Gasteiger charge is -2.21. The molecule has 3 N–H and O–H groups in total. The van der Waals surface area contributed by atoms with E-state index in [0.717, 1.165) is 186 Å². The van der Waals surface area contributed by atoms with Crippen LogP contribution in [0, 0.1) is 0 Å². The molecule has 5 atom stereocenters. The van der Waals surface area contributed by atoms with Gasteiger partial charge in [0.1, 0.15) is 19.3 Å². The summed E-state index contributed by atoms with van der Waals surface area (Å²) in [5, 5.41) is 10.6. The Kier molecular flexibility index (Phi) is 68.2. The molecule has 0 aromatic heterocycles. The molecule has 0 heterocycles. The summed E-state index contributed by atoms with van der Waals surface area (Å²) in [6.45, 7) is 4.36. The number of carbonyl (C=O) groups excluding carboxylic acids is 4. The third kappa shape index (κ3) is 71.1. The van der Waals surface area contributed by atoms with E-state index in [0.29, 0.717) is 32.1 Å². The minimum absolute atomic E-state index is 0.0606. The molecule has 0 aliphatic heterocycles.